The fourth-order valence-electron chi connectivity index (χ4n) is 2.37. The highest BCUT2D eigenvalue weighted by atomic mass is 31.2. The number of hydrogen-bond donors (Lipinski definition) is 1. The van der Waals surface area contributed by atoms with Crippen molar-refractivity contribution in [3.05, 3.63) is 48.0 Å². The van der Waals surface area contributed by atoms with Crippen molar-refractivity contribution >= 4 is 18.4 Å². The van der Waals surface area contributed by atoms with Gasteiger partial charge in [0, 0.05) is 5.56 Å². The Bertz CT molecular complexity index is 662. The lowest BCUT2D eigenvalue weighted by molar-refractivity contribution is 0.101. The number of aliphatic hydroxyl groups is 1. The maximum atomic E-state index is 13.1. The van der Waals surface area contributed by atoms with E-state index < -0.39 is 13.4 Å². The monoisotopic (exact) mass is 322 g/mol. The zero-order valence-corrected chi connectivity index (χ0v) is 14.3. The molecule has 0 aliphatic rings. The van der Waals surface area contributed by atoms with E-state index >= 15 is 0 Å². The van der Waals surface area contributed by atoms with Crippen molar-refractivity contribution in [2.45, 2.75) is 45.7 Å². The summed E-state index contributed by atoms with van der Waals surface area (Å²) in [4.78, 5) is 0. The van der Waals surface area contributed by atoms with Crippen LogP contribution in [0.5, 0.6) is 0 Å². The maximum Gasteiger partial charge on any atom is 0.363 e. The first-order chi connectivity index (χ1) is 10.3. The molecule has 0 spiro atoms. The Morgan fingerprint density at radius 2 is 1.45 bits per heavy atom. The fraction of sp³-hybridized carbons (Fsp3) is 0.412. The topological polar surface area (TPSA) is 55.8 Å². The van der Waals surface area contributed by atoms with Crippen molar-refractivity contribution in [3.8, 4) is 0 Å². The van der Waals surface area contributed by atoms with E-state index in [1.807, 2.05) is 36.4 Å². The molecule has 0 amide bonds. The van der Waals surface area contributed by atoms with E-state index in [0.29, 0.717) is 5.56 Å². The zero-order valence-electron chi connectivity index (χ0n) is 13.4. The molecule has 0 radical (unpaired) electrons. The Balaban J connectivity index is 2.49. The molecule has 0 aliphatic carbocycles. The van der Waals surface area contributed by atoms with E-state index in [0.717, 1.165) is 10.8 Å². The smallest absolute Gasteiger partial charge is 0.363 e. The molecule has 22 heavy (non-hydrogen) atoms. The highest BCUT2D eigenvalue weighted by Crippen LogP contribution is 2.61. The Morgan fingerprint density at radius 3 is 2.05 bits per heavy atom. The molecule has 1 atom stereocenters. The average molecular weight is 322 g/mol. The molecule has 0 aliphatic heterocycles. The Kier molecular flexibility index (Phi) is 5.41. The van der Waals surface area contributed by atoms with Gasteiger partial charge in [0.1, 0.15) is 0 Å². The van der Waals surface area contributed by atoms with Crippen molar-refractivity contribution in [1.82, 2.24) is 0 Å². The summed E-state index contributed by atoms with van der Waals surface area (Å²) in [5, 5.41) is 12.5. The number of benzene rings is 2. The summed E-state index contributed by atoms with van der Waals surface area (Å²) >= 11 is 0. The molecular weight excluding hydrogens is 299 g/mol. The Morgan fingerprint density at radius 1 is 0.909 bits per heavy atom. The summed E-state index contributed by atoms with van der Waals surface area (Å²) in [6.45, 7) is 7.08. The van der Waals surface area contributed by atoms with Crippen molar-refractivity contribution in [3.63, 3.8) is 0 Å². The molecule has 0 heterocycles. The normalized spacial score (nSPS) is 14.0. The van der Waals surface area contributed by atoms with Gasteiger partial charge in [0.05, 0.1) is 12.2 Å². The van der Waals surface area contributed by atoms with Crippen LogP contribution in [0.15, 0.2) is 42.5 Å². The van der Waals surface area contributed by atoms with Gasteiger partial charge in [-0.25, -0.2) is 0 Å². The maximum absolute atomic E-state index is 13.1. The highest BCUT2D eigenvalue weighted by Gasteiger charge is 2.38. The Hall–Kier alpha value is -1.19. The number of aliphatic hydroxyl groups excluding tert-OH is 1. The zero-order chi connectivity index (χ0) is 16.3. The SMILES string of the molecule is CC(C)OP(=O)(OC(C)C)C(O)c1cccc2ccccc12. The molecule has 5 heteroatoms. The standard InChI is InChI=1S/C17H23O4P/c1-12(2)20-22(19,21-13(3)4)17(18)16-11-7-9-14-8-5-6-10-15(14)16/h5-13,17-18H,1-4H3. The summed E-state index contributed by atoms with van der Waals surface area (Å²) in [5.41, 5.74) is 0.558. The van der Waals surface area contributed by atoms with Gasteiger partial charge in [0.2, 0.25) is 0 Å². The van der Waals surface area contributed by atoms with Gasteiger partial charge >= 0.3 is 7.60 Å². The lowest BCUT2D eigenvalue weighted by atomic mass is 10.1. The van der Waals surface area contributed by atoms with Crippen LogP contribution in [0, 0.1) is 0 Å². The van der Waals surface area contributed by atoms with Gasteiger partial charge in [0.25, 0.3) is 0 Å². The van der Waals surface area contributed by atoms with Crippen LogP contribution in [0.2, 0.25) is 0 Å². The molecule has 1 N–H and O–H groups in total. The van der Waals surface area contributed by atoms with Gasteiger partial charge in [0.15, 0.2) is 5.85 Å². The summed E-state index contributed by atoms with van der Waals surface area (Å²) < 4.78 is 24.1. The van der Waals surface area contributed by atoms with Crippen LogP contribution in [-0.4, -0.2) is 17.3 Å². The molecule has 2 aromatic rings. The van der Waals surface area contributed by atoms with E-state index in [4.69, 9.17) is 9.05 Å². The van der Waals surface area contributed by atoms with Crippen LogP contribution in [0.3, 0.4) is 0 Å². The molecule has 4 nitrogen and oxygen atoms in total. The molecule has 0 bridgehead atoms. The van der Waals surface area contributed by atoms with Crippen molar-refractivity contribution in [2.75, 3.05) is 0 Å². The van der Waals surface area contributed by atoms with Crippen molar-refractivity contribution in [2.24, 2.45) is 0 Å². The predicted molar refractivity (Wildman–Crippen MR) is 89.0 cm³/mol. The summed E-state index contributed by atoms with van der Waals surface area (Å²) in [5.74, 6) is -1.32. The van der Waals surface area contributed by atoms with E-state index in [9.17, 15) is 9.67 Å². The average Bonchev–Trinajstić information content (AvgIpc) is 2.44. The summed E-state index contributed by atoms with van der Waals surface area (Å²) in [6, 6.07) is 13.2. The van der Waals surface area contributed by atoms with E-state index in [1.54, 1.807) is 33.8 Å². The van der Waals surface area contributed by atoms with E-state index in [1.165, 1.54) is 0 Å². The van der Waals surface area contributed by atoms with Crippen LogP contribution >= 0.6 is 7.60 Å². The molecule has 2 rings (SSSR count). The summed E-state index contributed by atoms with van der Waals surface area (Å²) in [6.07, 6.45) is -0.622. The molecule has 0 aromatic heterocycles. The molecule has 2 aromatic carbocycles. The lowest BCUT2D eigenvalue weighted by Crippen LogP contribution is -2.13. The predicted octanol–water partition coefficient (Wildman–Crippen LogP) is 4.87. The minimum atomic E-state index is -3.69. The van der Waals surface area contributed by atoms with Crippen LogP contribution in [-0.2, 0) is 13.6 Å². The first-order valence-electron chi connectivity index (χ1n) is 7.45. The first-order valence-corrected chi connectivity index (χ1v) is 9.07. The van der Waals surface area contributed by atoms with Crippen LogP contribution in [0.1, 0.15) is 39.1 Å². The molecule has 0 saturated heterocycles. The largest absolute Gasteiger partial charge is 0.376 e. The number of hydrogen-bond acceptors (Lipinski definition) is 4. The number of rotatable bonds is 6. The third-order valence-corrected chi connectivity index (χ3v) is 5.42. The van der Waals surface area contributed by atoms with Gasteiger partial charge in [-0.3, -0.25) is 4.57 Å². The first kappa shape index (κ1) is 17.2. The van der Waals surface area contributed by atoms with Gasteiger partial charge in [-0.2, -0.15) is 0 Å². The minimum Gasteiger partial charge on any atom is -0.376 e. The molecule has 0 saturated carbocycles. The van der Waals surface area contributed by atoms with Crippen molar-refractivity contribution < 1.29 is 18.7 Å². The van der Waals surface area contributed by atoms with Crippen molar-refractivity contribution in [1.29, 1.82) is 0 Å². The second-order valence-corrected chi connectivity index (χ2v) is 7.78. The molecule has 1 unspecified atom stereocenters. The Labute approximate surface area is 131 Å². The van der Waals surface area contributed by atoms with Crippen LogP contribution in [0.25, 0.3) is 10.8 Å². The van der Waals surface area contributed by atoms with Gasteiger partial charge < -0.3 is 14.2 Å². The molecular formula is C17H23O4P. The minimum absolute atomic E-state index is 0.311. The van der Waals surface area contributed by atoms with E-state index in [2.05, 4.69) is 0 Å². The quantitative estimate of drug-likeness (QED) is 0.771. The third-order valence-electron chi connectivity index (χ3n) is 3.12. The third kappa shape index (κ3) is 3.76. The highest BCUT2D eigenvalue weighted by molar-refractivity contribution is 7.54. The lowest BCUT2D eigenvalue weighted by Gasteiger charge is -2.27. The van der Waals surface area contributed by atoms with Gasteiger partial charge in [-0.1, -0.05) is 42.5 Å². The second-order valence-electron chi connectivity index (χ2n) is 5.79. The van der Waals surface area contributed by atoms with E-state index in [-0.39, 0.29) is 12.2 Å². The molecule has 120 valence electrons. The van der Waals surface area contributed by atoms with Gasteiger partial charge in [-0.15, -0.1) is 0 Å². The number of fused-ring (bicyclic) bond motifs is 1. The van der Waals surface area contributed by atoms with Crippen LogP contribution < -0.4 is 0 Å². The molecule has 0 fully saturated rings. The fourth-order valence-corrected chi connectivity index (χ4v) is 4.40. The van der Waals surface area contributed by atoms with Crippen LogP contribution in [0.4, 0.5) is 0 Å². The summed E-state index contributed by atoms with van der Waals surface area (Å²) in [7, 11) is -3.69. The second kappa shape index (κ2) is 6.93. The van der Waals surface area contributed by atoms with Gasteiger partial charge in [-0.05, 0) is 38.5 Å².